The number of piperidine rings is 1. The van der Waals surface area contributed by atoms with Gasteiger partial charge < -0.3 is 9.64 Å². The first kappa shape index (κ1) is 22.7. The van der Waals surface area contributed by atoms with E-state index in [2.05, 4.69) is 4.72 Å². The van der Waals surface area contributed by atoms with Gasteiger partial charge in [0.1, 0.15) is 0 Å². The summed E-state index contributed by atoms with van der Waals surface area (Å²) in [6.07, 6.45) is 1.64. The first-order chi connectivity index (χ1) is 15.5. The molecule has 0 bridgehead atoms. The fourth-order valence-electron chi connectivity index (χ4n) is 3.66. The highest BCUT2D eigenvalue weighted by Gasteiger charge is 2.25. The van der Waals surface area contributed by atoms with E-state index in [4.69, 9.17) is 4.74 Å². The van der Waals surface area contributed by atoms with E-state index in [1.807, 2.05) is 47.8 Å². The Bertz CT molecular complexity index is 1120. The Kier molecular flexibility index (Phi) is 7.36. The van der Waals surface area contributed by atoms with Crippen LogP contribution in [0, 0.1) is 0 Å². The van der Waals surface area contributed by atoms with Crippen molar-refractivity contribution in [3.8, 4) is 0 Å². The zero-order valence-electron chi connectivity index (χ0n) is 17.6. The number of sulfonamides is 1. The van der Waals surface area contributed by atoms with Crippen LogP contribution in [-0.2, 0) is 27.9 Å². The lowest BCUT2D eigenvalue weighted by Gasteiger charge is -2.32. The van der Waals surface area contributed by atoms with Gasteiger partial charge in [-0.05, 0) is 48.1 Å². The average molecular weight is 471 g/mol. The third kappa shape index (κ3) is 5.83. The smallest absolute Gasteiger partial charge is 0.253 e. The summed E-state index contributed by atoms with van der Waals surface area (Å²) in [7, 11) is -3.70. The zero-order chi connectivity index (χ0) is 22.4. The fourth-order valence-corrected chi connectivity index (χ4v) is 5.44. The van der Waals surface area contributed by atoms with Crippen LogP contribution in [0.5, 0.6) is 0 Å². The average Bonchev–Trinajstić information content (AvgIpc) is 3.36. The lowest BCUT2D eigenvalue weighted by molar-refractivity contribution is -0.000385. The van der Waals surface area contributed by atoms with Gasteiger partial charge in [-0.3, -0.25) is 4.79 Å². The third-order valence-electron chi connectivity index (χ3n) is 5.47. The Balaban J connectivity index is 1.32. The Labute approximate surface area is 192 Å². The maximum Gasteiger partial charge on any atom is 0.253 e. The molecule has 2 aromatic carbocycles. The van der Waals surface area contributed by atoms with Gasteiger partial charge in [0.25, 0.3) is 5.91 Å². The monoisotopic (exact) mass is 470 g/mol. The van der Waals surface area contributed by atoms with Gasteiger partial charge in [0.05, 0.1) is 17.6 Å². The Hall–Kier alpha value is -2.52. The topological polar surface area (TPSA) is 75.7 Å². The maximum absolute atomic E-state index is 13.0. The molecule has 1 aliphatic rings. The summed E-state index contributed by atoms with van der Waals surface area (Å²) in [6.45, 7) is 1.98. The molecular weight excluding hydrogens is 444 g/mol. The third-order valence-corrected chi connectivity index (χ3v) is 7.74. The predicted octanol–water partition coefficient (Wildman–Crippen LogP) is 4.05. The van der Waals surface area contributed by atoms with Gasteiger partial charge in [0.2, 0.25) is 10.0 Å². The molecule has 0 atom stereocenters. The number of ether oxygens (including phenoxy) is 1. The molecule has 168 valence electrons. The van der Waals surface area contributed by atoms with Crippen LogP contribution in [-0.4, -0.2) is 38.4 Å². The molecule has 0 aliphatic carbocycles. The first-order valence-corrected chi connectivity index (χ1v) is 12.9. The van der Waals surface area contributed by atoms with Crippen LogP contribution in [0.4, 0.5) is 0 Å². The Morgan fingerprint density at radius 3 is 2.53 bits per heavy atom. The molecule has 0 spiro atoms. The maximum atomic E-state index is 13.0. The molecule has 8 heteroatoms. The summed E-state index contributed by atoms with van der Waals surface area (Å²) in [6, 6.07) is 20.0. The number of likely N-dealkylation sites (tertiary alicyclic amines) is 1. The molecule has 1 aliphatic heterocycles. The molecule has 1 saturated heterocycles. The molecule has 0 saturated carbocycles. The van der Waals surface area contributed by atoms with E-state index < -0.39 is 10.0 Å². The Morgan fingerprint density at radius 1 is 1.03 bits per heavy atom. The highest BCUT2D eigenvalue weighted by molar-refractivity contribution is 7.89. The van der Waals surface area contributed by atoms with Gasteiger partial charge in [-0.25, -0.2) is 13.1 Å². The molecule has 3 aromatic rings. The number of thiophene rings is 1. The molecule has 0 radical (unpaired) electrons. The summed E-state index contributed by atoms with van der Waals surface area (Å²) < 4.78 is 33.9. The van der Waals surface area contributed by atoms with E-state index in [0.717, 1.165) is 23.3 Å². The van der Waals surface area contributed by atoms with E-state index in [0.29, 0.717) is 25.3 Å². The van der Waals surface area contributed by atoms with Gasteiger partial charge in [-0.15, -0.1) is 11.3 Å². The quantitative estimate of drug-likeness (QED) is 0.539. The van der Waals surface area contributed by atoms with E-state index in [9.17, 15) is 13.2 Å². The fraction of sp³-hybridized carbons (Fsp3) is 0.292. The number of amides is 1. The second-order valence-corrected chi connectivity index (χ2v) is 10.5. The number of hydrogen-bond donors (Lipinski definition) is 1. The van der Waals surface area contributed by atoms with E-state index >= 15 is 0 Å². The van der Waals surface area contributed by atoms with E-state index in [1.165, 1.54) is 23.5 Å². The molecule has 0 unspecified atom stereocenters. The van der Waals surface area contributed by atoms with Crippen molar-refractivity contribution in [2.45, 2.75) is 37.0 Å². The molecule has 1 fully saturated rings. The van der Waals surface area contributed by atoms with Crippen molar-refractivity contribution in [3.05, 3.63) is 88.1 Å². The lowest BCUT2D eigenvalue weighted by atomic mass is 10.1. The van der Waals surface area contributed by atoms with Gasteiger partial charge in [-0.1, -0.05) is 42.5 Å². The largest absolute Gasteiger partial charge is 0.373 e. The van der Waals surface area contributed by atoms with Gasteiger partial charge in [0.15, 0.2) is 0 Å². The summed E-state index contributed by atoms with van der Waals surface area (Å²) in [5, 5.41) is 1.90. The van der Waals surface area contributed by atoms with Gasteiger partial charge in [-0.2, -0.15) is 0 Å². The number of hydrogen-bond acceptors (Lipinski definition) is 5. The normalized spacial score (nSPS) is 15.1. The number of carbonyl (C=O) groups is 1. The zero-order valence-corrected chi connectivity index (χ0v) is 19.3. The van der Waals surface area contributed by atoms with Crippen LogP contribution < -0.4 is 4.72 Å². The van der Waals surface area contributed by atoms with Crippen LogP contribution >= 0.6 is 11.3 Å². The number of carbonyl (C=O) groups excluding carboxylic acids is 1. The van der Waals surface area contributed by atoms with Crippen LogP contribution in [0.15, 0.2) is 77.0 Å². The highest BCUT2D eigenvalue weighted by atomic mass is 32.2. The van der Waals surface area contributed by atoms with Gasteiger partial charge in [0, 0.05) is 30.1 Å². The summed E-state index contributed by atoms with van der Waals surface area (Å²) in [5.74, 6) is -0.151. The molecule has 4 rings (SSSR count). The minimum atomic E-state index is -3.70. The molecule has 1 amide bonds. The second-order valence-electron chi connectivity index (χ2n) is 7.72. The Morgan fingerprint density at radius 2 is 1.81 bits per heavy atom. The summed E-state index contributed by atoms with van der Waals surface area (Å²) in [5.41, 5.74) is 1.52. The predicted molar refractivity (Wildman–Crippen MR) is 125 cm³/mol. The number of nitrogens with zero attached hydrogens (tertiary/aromatic N) is 1. The molecule has 6 nitrogen and oxygen atoms in total. The summed E-state index contributed by atoms with van der Waals surface area (Å²) >= 11 is 1.49. The number of benzene rings is 2. The van der Waals surface area contributed by atoms with Crippen molar-refractivity contribution in [1.82, 2.24) is 9.62 Å². The van der Waals surface area contributed by atoms with Crippen LogP contribution in [0.1, 0.15) is 33.6 Å². The van der Waals surface area contributed by atoms with Crippen molar-refractivity contribution < 1.29 is 17.9 Å². The van der Waals surface area contributed by atoms with E-state index in [1.54, 1.807) is 17.0 Å². The standard InChI is InChI=1S/C24H26N2O4S2/c27-24(26-13-11-21(12-14-26)30-18-19-6-2-1-3-7-19)20-8-4-10-23(16-20)32(28,29)25-17-22-9-5-15-31-22/h1-10,15-16,21,25H,11-14,17-18H2. The van der Waals surface area contributed by atoms with Crippen LogP contribution in [0.25, 0.3) is 0 Å². The highest BCUT2D eigenvalue weighted by Crippen LogP contribution is 2.20. The number of nitrogens with one attached hydrogen (secondary N) is 1. The van der Waals surface area contributed by atoms with Crippen LogP contribution in [0.2, 0.25) is 0 Å². The lowest BCUT2D eigenvalue weighted by Crippen LogP contribution is -2.40. The molecule has 1 N–H and O–H groups in total. The van der Waals surface area contributed by atoms with Crippen LogP contribution in [0.3, 0.4) is 0 Å². The molecular formula is C24H26N2O4S2. The molecule has 1 aromatic heterocycles. The SMILES string of the molecule is O=C(c1cccc(S(=O)(=O)NCc2cccs2)c1)N1CCC(OCc2ccccc2)CC1. The minimum absolute atomic E-state index is 0.0981. The minimum Gasteiger partial charge on any atom is -0.373 e. The first-order valence-electron chi connectivity index (χ1n) is 10.6. The van der Waals surface area contributed by atoms with Crippen molar-refractivity contribution in [2.24, 2.45) is 0 Å². The summed E-state index contributed by atoms with van der Waals surface area (Å²) in [4.78, 5) is 15.8. The van der Waals surface area contributed by atoms with Crippen molar-refractivity contribution in [2.75, 3.05) is 13.1 Å². The van der Waals surface area contributed by atoms with Gasteiger partial charge >= 0.3 is 0 Å². The number of rotatable bonds is 8. The van der Waals surface area contributed by atoms with E-state index in [-0.39, 0.29) is 23.5 Å². The molecule has 2 heterocycles. The van der Waals surface area contributed by atoms with Crippen molar-refractivity contribution in [3.63, 3.8) is 0 Å². The van der Waals surface area contributed by atoms with Crippen molar-refractivity contribution >= 4 is 27.3 Å². The van der Waals surface area contributed by atoms with Crippen molar-refractivity contribution in [1.29, 1.82) is 0 Å². The molecule has 32 heavy (non-hydrogen) atoms. The second kappa shape index (κ2) is 10.4.